The number of benzene rings is 2. The Bertz CT molecular complexity index is 668. The fraction of sp³-hybridized carbons (Fsp3) is 0.235. The normalized spacial score (nSPS) is 10.5. The summed E-state index contributed by atoms with van der Waals surface area (Å²) in [6.07, 6.45) is 1.15. The lowest BCUT2D eigenvalue weighted by molar-refractivity contribution is -0.116. The molecule has 0 heterocycles. The van der Waals surface area contributed by atoms with E-state index in [1.54, 1.807) is 18.2 Å². The maximum absolute atomic E-state index is 11.9. The summed E-state index contributed by atoms with van der Waals surface area (Å²) in [5.41, 5.74) is 4.34. The summed E-state index contributed by atoms with van der Waals surface area (Å²) in [5.74, 6) is -0.0355. The molecule has 0 atom stereocenters. The van der Waals surface area contributed by atoms with Crippen LogP contribution in [0.2, 0.25) is 10.0 Å². The summed E-state index contributed by atoms with van der Waals surface area (Å²) >= 11 is 11.8. The van der Waals surface area contributed by atoms with Gasteiger partial charge in [0.25, 0.3) is 0 Å². The van der Waals surface area contributed by atoms with Gasteiger partial charge in [0.2, 0.25) is 5.91 Å². The highest BCUT2D eigenvalue weighted by Crippen LogP contribution is 2.25. The molecule has 0 aromatic heterocycles. The SMILES string of the molecule is Cc1ccc(CCC(=O)Nc2ccc(Cl)c(Cl)c2)cc1C. The van der Waals surface area contributed by atoms with Gasteiger partial charge in [-0.2, -0.15) is 0 Å². The first-order chi connectivity index (χ1) is 9.95. The van der Waals surface area contributed by atoms with Crippen LogP contribution in [0.4, 0.5) is 5.69 Å². The highest BCUT2D eigenvalue weighted by Gasteiger charge is 2.06. The van der Waals surface area contributed by atoms with Gasteiger partial charge in [-0.25, -0.2) is 0 Å². The van der Waals surface area contributed by atoms with E-state index in [4.69, 9.17) is 23.2 Å². The van der Waals surface area contributed by atoms with Crippen LogP contribution in [0.15, 0.2) is 36.4 Å². The van der Waals surface area contributed by atoms with Crippen molar-refractivity contribution >= 4 is 34.8 Å². The van der Waals surface area contributed by atoms with Crippen LogP contribution in [0.25, 0.3) is 0 Å². The van der Waals surface area contributed by atoms with Crippen molar-refractivity contribution in [2.24, 2.45) is 0 Å². The minimum atomic E-state index is -0.0355. The molecule has 0 unspecified atom stereocenters. The fourth-order valence-corrected chi connectivity index (χ4v) is 2.31. The number of amides is 1. The number of carbonyl (C=O) groups excluding carboxylic acids is 1. The highest BCUT2D eigenvalue weighted by atomic mass is 35.5. The minimum Gasteiger partial charge on any atom is -0.326 e. The molecule has 0 aliphatic heterocycles. The van der Waals surface area contributed by atoms with Gasteiger partial charge >= 0.3 is 0 Å². The van der Waals surface area contributed by atoms with E-state index in [2.05, 4.69) is 37.4 Å². The van der Waals surface area contributed by atoms with Crippen LogP contribution in [-0.2, 0) is 11.2 Å². The van der Waals surface area contributed by atoms with Gasteiger partial charge < -0.3 is 5.32 Å². The average molecular weight is 322 g/mol. The number of nitrogens with one attached hydrogen (secondary N) is 1. The molecule has 0 aliphatic rings. The van der Waals surface area contributed by atoms with Gasteiger partial charge in [-0.1, -0.05) is 41.4 Å². The lowest BCUT2D eigenvalue weighted by Crippen LogP contribution is -2.12. The molecule has 0 saturated heterocycles. The van der Waals surface area contributed by atoms with Gasteiger partial charge in [0.1, 0.15) is 0 Å². The predicted octanol–water partition coefficient (Wildman–Crippen LogP) is 5.18. The van der Waals surface area contributed by atoms with Crippen LogP contribution in [0.3, 0.4) is 0 Å². The summed E-state index contributed by atoms with van der Waals surface area (Å²) < 4.78 is 0. The summed E-state index contributed by atoms with van der Waals surface area (Å²) in [4.78, 5) is 11.9. The monoisotopic (exact) mass is 321 g/mol. The maximum atomic E-state index is 11.9. The summed E-state index contributed by atoms with van der Waals surface area (Å²) in [5, 5.41) is 3.73. The van der Waals surface area contributed by atoms with Crippen molar-refractivity contribution in [3.05, 3.63) is 63.1 Å². The second-order valence-electron chi connectivity index (χ2n) is 5.10. The molecule has 2 nitrogen and oxygen atoms in total. The van der Waals surface area contributed by atoms with E-state index in [0.29, 0.717) is 28.6 Å². The van der Waals surface area contributed by atoms with E-state index in [9.17, 15) is 4.79 Å². The standard InChI is InChI=1S/C17H17Cl2NO/c1-11-3-4-13(9-12(11)2)5-8-17(21)20-14-6-7-15(18)16(19)10-14/h3-4,6-7,9-10H,5,8H2,1-2H3,(H,20,21). The van der Waals surface area contributed by atoms with E-state index in [-0.39, 0.29) is 5.91 Å². The molecule has 4 heteroatoms. The molecule has 0 spiro atoms. The zero-order valence-corrected chi connectivity index (χ0v) is 13.6. The van der Waals surface area contributed by atoms with Crippen LogP contribution < -0.4 is 5.32 Å². The quantitative estimate of drug-likeness (QED) is 0.825. The van der Waals surface area contributed by atoms with Crippen molar-refractivity contribution < 1.29 is 4.79 Å². The average Bonchev–Trinajstić information content (AvgIpc) is 2.44. The molecule has 0 fully saturated rings. The van der Waals surface area contributed by atoms with E-state index in [0.717, 1.165) is 0 Å². The Labute approximate surface area is 135 Å². The maximum Gasteiger partial charge on any atom is 0.224 e. The molecule has 1 amide bonds. The van der Waals surface area contributed by atoms with E-state index >= 15 is 0 Å². The Kier molecular flexibility index (Phi) is 5.27. The molecule has 2 aromatic carbocycles. The molecule has 2 aromatic rings. The third-order valence-electron chi connectivity index (χ3n) is 3.42. The third kappa shape index (κ3) is 4.48. The van der Waals surface area contributed by atoms with Crippen molar-refractivity contribution in [1.29, 1.82) is 0 Å². The largest absolute Gasteiger partial charge is 0.326 e. The first-order valence-corrected chi connectivity index (χ1v) is 7.52. The van der Waals surface area contributed by atoms with Crippen molar-refractivity contribution in [2.45, 2.75) is 26.7 Å². The summed E-state index contributed by atoms with van der Waals surface area (Å²) in [6.45, 7) is 4.16. The zero-order chi connectivity index (χ0) is 15.4. The highest BCUT2D eigenvalue weighted by molar-refractivity contribution is 6.42. The number of hydrogen-bond donors (Lipinski definition) is 1. The van der Waals surface area contributed by atoms with Gasteiger partial charge in [0.15, 0.2) is 0 Å². The first-order valence-electron chi connectivity index (χ1n) is 6.77. The van der Waals surface area contributed by atoms with Gasteiger partial charge in [-0.15, -0.1) is 0 Å². The number of carbonyl (C=O) groups is 1. The third-order valence-corrected chi connectivity index (χ3v) is 4.15. The first kappa shape index (κ1) is 15.9. The Morgan fingerprint density at radius 3 is 2.43 bits per heavy atom. The summed E-state index contributed by atoms with van der Waals surface area (Å²) in [6, 6.07) is 11.3. The van der Waals surface area contributed by atoms with Gasteiger partial charge in [-0.3, -0.25) is 4.79 Å². The van der Waals surface area contributed by atoms with Gasteiger partial charge in [0.05, 0.1) is 10.0 Å². The van der Waals surface area contributed by atoms with Gasteiger partial charge in [-0.05, 0) is 55.2 Å². The molecular weight excluding hydrogens is 305 g/mol. The molecule has 2 rings (SSSR count). The van der Waals surface area contributed by atoms with Crippen molar-refractivity contribution in [2.75, 3.05) is 5.32 Å². The lowest BCUT2D eigenvalue weighted by Gasteiger charge is -2.07. The number of aryl methyl sites for hydroxylation is 3. The predicted molar refractivity (Wildman–Crippen MR) is 89.3 cm³/mol. The molecule has 0 bridgehead atoms. The Hall–Kier alpha value is -1.51. The molecule has 110 valence electrons. The minimum absolute atomic E-state index is 0.0355. The summed E-state index contributed by atoms with van der Waals surface area (Å²) in [7, 11) is 0. The second kappa shape index (κ2) is 6.97. The Morgan fingerprint density at radius 2 is 1.76 bits per heavy atom. The molecule has 0 saturated carbocycles. The van der Waals surface area contributed by atoms with Gasteiger partial charge in [0, 0.05) is 12.1 Å². The van der Waals surface area contributed by atoms with E-state index in [1.165, 1.54) is 16.7 Å². The molecular formula is C17H17Cl2NO. The smallest absolute Gasteiger partial charge is 0.224 e. The number of hydrogen-bond acceptors (Lipinski definition) is 1. The van der Waals surface area contributed by atoms with E-state index in [1.807, 2.05) is 0 Å². The van der Waals surface area contributed by atoms with Crippen LogP contribution >= 0.6 is 23.2 Å². The molecule has 1 N–H and O–H groups in total. The molecule has 0 aliphatic carbocycles. The van der Waals surface area contributed by atoms with Crippen molar-refractivity contribution in [1.82, 2.24) is 0 Å². The van der Waals surface area contributed by atoms with E-state index < -0.39 is 0 Å². The number of rotatable bonds is 4. The van der Waals surface area contributed by atoms with Crippen LogP contribution in [0.5, 0.6) is 0 Å². The van der Waals surface area contributed by atoms with Crippen LogP contribution in [0, 0.1) is 13.8 Å². The number of halogens is 2. The van der Waals surface area contributed by atoms with Crippen molar-refractivity contribution in [3.63, 3.8) is 0 Å². The molecule has 21 heavy (non-hydrogen) atoms. The zero-order valence-electron chi connectivity index (χ0n) is 12.0. The topological polar surface area (TPSA) is 29.1 Å². The Balaban J connectivity index is 1.92. The van der Waals surface area contributed by atoms with Crippen LogP contribution in [-0.4, -0.2) is 5.91 Å². The van der Waals surface area contributed by atoms with Crippen LogP contribution in [0.1, 0.15) is 23.1 Å². The Morgan fingerprint density at radius 1 is 1.00 bits per heavy atom. The fourth-order valence-electron chi connectivity index (χ4n) is 2.01. The van der Waals surface area contributed by atoms with Crippen molar-refractivity contribution in [3.8, 4) is 0 Å². The number of anilines is 1. The molecule has 0 radical (unpaired) electrons. The second-order valence-corrected chi connectivity index (χ2v) is 5.91. The lowest BCUT2D eigenvalue weighted by atomic mass is 10.0.